The summed E-state index contributed by atoms with van der Waals surface area (Å²) in [6.07, 6.45) is 8.34. The zero-order valence-electron chi connectivity index (χ0n) is 10.1. The quantitative estimate of drug-likeness (QED) is 0.646. The molecule has 2 unspecified atom stereocenters. The molecule has 3 aliphatic rings. The predicted molar refractivity (Wildman–Crippen MR) is 69.4 cm³/mol. The summed E-state index contributed by atoms with van der Waals surface area (Å²) in [5, 5.41) is 10.9. The van der Waals surface area contributed by atoms with Gasteiger partial charge in [-0.1, -0.05) is 19.9 Å². The molecule has 2 bridgehead atoms. The van der Waals surface area contributed by atoms with Crippen molar-refractivity contribution in [3.8, 4) is 0 Å². The fourth-order valence-electron chi connectivity index (χ4n) is 3.00. The van der Waals surface area contributed by atoms with Gasteiger partial charge in [0.15, 0.2) is 0 Å². The summed E-state index contributed by atoms with van der Waals surface area (Å²) in [7, 11) is 0. The van der Waals surface area contributed by atoms with E-state index in [9.17, 15) is 0 Å². The zero-order valence-corrected chi connectivity index (χ0v) is 10.9. The summed E-state index contributed by atoms with van der Waals surface area (Å²) in [5.41, 5.74) is 1.79. The first kappa shape index (κ1) is 10.9. The molecule has 3 aliphatic carbocycles. The van der Waals surface area contributed by atoms with Gasteiger partial charge in [-0.05, 0) is 47.9 Å². The number of aromatic amines is 1. The van der Waals surface area contributed by atoms with Crippen molar-refractivity contribution < 1.29 is 0 Å². The second-order valence-corrected chi connectivity index (χ2v) is 5.88. The van der Waals surface area contributed by atoms with Gasteiger partial charge in [0.25, 0.3) is 0 Å². The third kappa shape index (κ3) is 1.60. The summed E-state index contributed by atoms with van der Waals surface area (Å²) >= 11 is 5.05. The van der Waals surface area contributed by atoms with E-state index in [2.05, 4.69) is 35.2 Å². The van der Waals surface area contributed by atoms with Crippen molar-refractivity contribution >= 4 is 18.4 Å². The Morgan fingerprint density at radius 3 is 3.06 bits per heavy atom. The Morgan fingerprint density at radius 2 is 2.47 bits per heavy atom. The molecular weight excluding hydrogens is 232 g/mol. The van der Waals surface area contributed by atoms with Gasteiger partial charge < -0.3 is 0 Å². The Labute approximate surface area is 105 Å². The minimum atomic E-state index is 0.438. The summed E-state index contributed by atoms with van der Waals surface area (Å²) in [6.45, 7) is 4.71. The van der Waals surface area contributed by atoms with E-state index in [1.807, 2.05) is 6.21 Å². The minimum Gasteiger partial charge on any atom is -0.250 e. The van der Waals surface area contributed by atoms with E-state index in [1.54, 1.807) is 11.0 Å². The Bertz CT molecular complexity index is 549. The molecule has 0 spiro atoms. The molecule has 1 heterocycles. The number of hydrogen-bond acceptors (Lipinski definition) is 3. The van der Waals surface area contributed by atoms with Crippen LogP contribution in [0.5, 0.6) is 0 Å². The maximum Gasteiger partial charge on any atom is 0.216 e. The van der Waals surface area contributed by atoms with E-state index in [1.165, 1.54) is 18.4 Å². The molecule has 0 radical (unpaired) electrons. The number of nitrogens with one attached hydrogen (secondary N) is 1. The second-order valence-electron chi connectivity index (χ2n) is 5.50. The summed E-state index contributed by atoms with van der Waals surface area (Å²) in [5.74, 6) is 1.52. The minimum absolute atomic E-state index is 0.438. The molecule has 1 fully saturated rings. The molecule has 0 saturated heterocycles. The fraction of sp³-hybridized carbons (Fsp3) is 0.583. The van der Waals surface area contributed by atoms with Crippen LogP contribution in [0.4, 0.5) is 0 Å². The molecule has 17 heavy (non-hydrogen) atoms. The Balaban J connectivity index is 1.83. The van der Waals surface area contributed by atoms with E-state index in [4.69, 9.17) is 12.2 Å². The smallest absolute Gasteiger partial charge is 0.216 e. The molecule has 0 amide bonds. The van der Waals surface area contributed by atoms with E-state index in [0.717, 1.165) is 5.92 Å². The van der Waals surface area contributed by atoms with Gasteiger partial charge in [-0.15, -0.1) is 0 Å². The molecule has 1 saturated carbocycles. The van der Waals surface area contributed by atoms with Crippen molar-refractivity contribution in [3.63, 3.8) is 0 Å². The first-order valence-corrected chi connectivity index (χ1v) is 6.36. The number of H-pyrrole nitrogens is 1. The SMILES string of the molecule is CC1(C)C2CC=C(C=Nn3cn[nH]c3=S)C1C2. The molecule has 5 heteroatoms. The van der Waals surface area contributed by atoms with Crippen LogP contribution in [0.1, 0.15) is 26.7 Å². The number of hydrogen-bond donors (Lipinski definition) is 1. The maximum absolute atomic E-state index is 5.05. The van der Waals surface area contributed by atoms with Crippen molar-refractivity contribution in [1.82, 2.24) is 14.9 Å². The molecule has 0 aromatic carbocycles. The summed E-state index contributed by atoms with van der Waals surface area (Å²) in [4.78, 5) is 0. The van der Waals surface area contributed by atoms with Crippen LogP contribution in [-0.2, 0) is 0 Å². The van der Waals surface area contributed by atoms with Gasteiger partial charge >= 0.3 is 0 Å². The van der Waals surface area contributed by atoms with Gasteiger partial charge in [0, 0.05) is 0 Å². The van der Waals surface area contributed by atoms with Crippen molar-refractivity contribution in [2.24, 2.45) is 22.4 Å². The van der Waals surface area contributed by atoms with Gasteiger partial charge in [-0.25, -0.2) is 0 Å². The van der Waals surface area contributed by atoms with Crippen molar-refractivity contribution in [3.05, 3.63) is 22.7 Å². The first-order chi connectivity index (χ1) is 8.09. The van der Waals surface area contributed by atoms with E-state index < -0.39 is 0 Å². The van der Waals surface area contributed by atoms with Crippen LogP contribution < -0.4 is 0 Å². The van der Waals surface area contributed by atoms with Crippen molar-refractivity contribution in [2.45, 2.75) is 26.7 Å². The molecule has 90 valence electrons. The van der Waals surface area contributed by atoms with E-state index in [0.29, 0.717) is 16.1 Å². The largest absolute Gasteiger partial charge is 0.250 e. The monoisotopic (exact) mass is 248 g/mol. The van der Waals surface area contributed by atoms with Gasteiger partial charge in [0.1, 0.15) is 6.33 Å². The molecule has 2 atom stereocenters. The molecule has 1 aromatic heterocycles. The summed E-state index contributed by atoms with van der Waals surface area (Å²) in [6, 6.07) is 0. The predicted octanol–water partition coefficient (Wildman–Crippen LogP) is 2.77. The van der Waals surface area contributed by atoms with Crippen LogP contribution in [0.15, 0.2) is 23.1 Å². The highest BCUT2D eigenvalue weighted by Gasteiger charge is 2.50. The zero-order chi connectivity index (χ0) is 12.0. The molecule has 1 aromatic rings. The van der Waals surface area contributed by atoms with Crippen LogP contribution in [0.2, 0.25) is 0 Å². The Hall–Kier alpha value is -1.23. The highest BCUT2D eigenvalue weighted by atomic mass is 32.1. The van der Waals surface area contributed by atoms with Crippen LogP contribution in [-0.4, -0.2) is 21.1 Å². The van der Waals surface area contributed by atoms with Gasteiger partial charge in [0.05, 0.1) is 6.21 Å². The maximum atomic E-state index is 5.05. The molecule has 0 aliphatic heterocycles. The number of rotatable bonds is 2. The molecule has 1 N–H and O–H groups in total. The Kier molecular flexibility index (Phi) is 2.33. The topological polar surface area (TPSA) is 46.0 Å². The fourth-order valence-corrected chi connectivity index (χ4v) is 3.15. The van der Waals surface area contributed by atoms with Crippen molar-refractivity contribution in [2.75, 3.05) is 0 Å². The number of aromatic nitrogens is 3. The lowest BCUT2D eigenvalue weighted by Crippen LogP contribution is -2.48. The van der Waals surface area contributed by atoms with Crippen LogP contribution in [0.3, 0.4) is 0 Å². The average molecular weight is 248 g/mol. The molecular formula is C12H16N4S. The summed E-state index contributed by atoms with van der Waals surface area (Å²) < 4.78 is 2.12. The lowest BCUT2D eigenvalue weighted by atomic mass is 9.49. The number of allylic oxidation sites excluding steroid dienone is 2. The first-order valence-electron chi connectivity index (χ1n) is 5.95. The number of nitrogens with zero attached hydrogens (tertiary/aromatic N) is 3. The van der Waals surface area contributed by atoms with Crippen LogP contribution >= 0.6 is 12.2 Å². The molecule has 4 rings (SSSR count). The highest BCUT2D eigenvalue weighted by Crippen LogP contribution is 2.58. The average Bonchev–Trinajstić information content (AvgIpc) is 2.72. The third-order valence-electron chi connectivity index (χ3n) is 4.38. The van der Waals surface area contributed by atoms with Crippen LogP contribution in [0, 0.1) is 22.0 Å². The lowest BCUT2D eigenvalue weighted by molar-refractivity contribution is -0.00126. The van der Waals surface area contributed by atoms with Crippen molar-refractivity contribution in [1.29, 1.82) is 0 Å². The lowest BCUT2D eigenvalue weighted by Gasteiger charge is -2.55. The van der Waals surface area contributed by atoms with Gasteiger partial charge in [-0.3, -0.25) is 5.10 Å². The number of fused-ring (bicyclic) bond motifs is 1. The van der Waals surface area contributed by atoms with E-state index in [-0.39, 0.29) is 0 Å². The standard InChI is InChI=1S/C12H16N4S/c1-12(2)9-4-3-8(10(12)5-9)6-14-16-7-13-15-11(16)17/h3,6-7,9-10H,4-5H2,1-2H3,(H,15,17). The van der Waals surface area contributed by atoms with E-state index >= 15 is 0 Å². The highest BCUT2D eigenvalue weighted by molar-refractivity contribution is 7.71. The Morgan fingerprint density at radius 1 is 1.65 bits per heavy atom. The van der Waals surface area contributed by atoms with Crippen LogP contribution in [0.25, 0.3) is 0 Å². The van der Waals surface area contributed by atoms with Gasteiger partial charge in [-0.2, -0.15) is 14.9 Å². The second kappa shape index (κ2) is 3.63. The normalized spacial score (nSPS) is 30.1. The van der Waals surface area contributed by atoms with Gasteiger partial charge in [0.2, 0.25) is 4.77 Å². The molecule has 4 nitrogen and oxygen atoms in total. The third-order valence-corrected chi connectivity index (χ3v) is 4.66.